The number of rotatable bonds is 7. The molecule has 2 N–H and O–H groups in total. The third kappa shape index (κ3) is 4.66. The summed E-state index contributed by atoms with van der Waals surface area (Å²) in [7, 11) is 1.87. The molecule has 4 unspecified atom stereocenters. The van der Waals surface area contributed by atoms with Crippen LogP contribution in [-0.2, 0) is 9.47 Å². The second-order valence-corrected chi connectivity index (χ2v) is 7.61. The molecule has 3 aliphatic rings. The number of hydrogen-bond donors (Lipinski definition) is 2. The molecule has 3 rings (SSSR count). The van der Waals surface area contributed by atoms with Crippen LogP contribution in [0.25, 0.3) is 0 Å². The Morgan fingerprint density at radius 3 is 2.52 bits per heavy atom. The van der Waals surface area contributed by atoms with E-state index < -0.39 is 0 Å². The standard InChI is InChI=1S/C19H36N4O2/c1-4-14(5-2)17(23-8-10-24-11-9-23)13-21-19(20-3)22-16-12-15-6-7-18(16)25-15/h14-18H,4-13H2,1-3H3,(H2,20,21,22). The summed E-state index contributed by atoms with van der Waals surface area (Å²) in [4.78, 5) is 7.06. The average molecular weight is 353 g/mol. The number of guanidine groups is 1. The highest BCUT2D eigenvalue weighted by Gasteiger charge is 2.41. The second-order valence-electron chi connectivity index (χ2n) is 7.61. The molecule has 0 spiro atoms. The van der Waals surface area contributed by atoms with E-state index in [1.807, 2.05) is 7.05 Å². The van der Waals surface area contributed by atoms with Gasteiger partial charge in [-0.2, -0.15) is 0 Å². The van der Waals surface area contributed by atoms with E-state index in [-0.39, 0.29) is 0 Å². The van der Waals surface area contributed by atoms with Crippen molar-refractivity contribution in [3.63, 3.8) is 0 Å². The molecule has 0 saturated carbocycles. The van der Waals surface area contributed by atoms with Gasteiger partial charge in [0.05, 0.1) is 31.5 Å². The Bertz CT molecular complexity index is 435. The van der Waals surface area contributed by atoms with Crippen molar-refractivity contribution in [3.05, 3.63) is 0 Å². The Labute approximate surface area is 152 Å². The van der Waals surface area contributed by atoms with Crippen molar-refractivity contribution in [2.45, 2.75) is 70.2 Å². The van der Waals surface area contributed by atoms with Gasteiger partial charge < -0.3 is 20.1 Å². The SMILES string of the molecule is CCC(CC)C(CNC(=NC)NC1CC2CCC1O2)N1CCOCC1. The number of ether oxygens (including phenoxy) is 2. The van der Waals surface area contributed by atoms with E-state index in [1.165, 1.54) is 25.7 Å². The summed E-state index contributed by atoms with van der Waals surface area (Å²) in [6.45, 7) is 9.33. The van der Waals surface area contributed by atoms with E-state index >= 15 is 0 Å². The molecule has 6 nitrogen and oxygen atoms in total. The summed E-state index contributed by atoms with van der Waals surface area (Å²) in [5.74, 6) is 1.62. The maximum Gasteiger partial charge on any atom is 0.191 e. The van der Waals surface area contributed by atoms with E-state index in [2.05, 4.69) is 34.4 Å². The zero-order valence-electron chi connectivity index (χ0n) is 16.2. The normalized spacial score (nSPS) is 31.5. The van der Waals surface area contributed by atoms with Crippen LogP contribution in [0, 0.1) is 5.92 Å². The number of hydrogen-bond acceptors (Lipinski definition) is 4. The van der Waals surface area contributed by atoms with Crippen molar-refractivity contribution in [2.24, 2.45) is 10.9 Å². The van der Waals surface area contributed by atoms with Gasteiger partial charge in [0, 0.05) is 32.7 Å². The lowest BCUT2D eigenvalue weighted by molar-refractivity contribution is 0.00270. The molecule has 0 aliphatic carbocycles. The van der Waals surface area contributed by atoms with E-state index in [1.54, 1.807) is 0 Å². The molecule has 2 bridgehead atoms. The molecule has 0 aromatic carbocycles. The first kappa shape index (κ1) is 18.9. The van der Waals surface area contributed by atoms with Gasteiger partial charge in [-0.1, -0.05) is 26.7 Å². The number of nitrogens with zero attached hydrogens (tertiary/aromatic N) is 2. The predicted molar refractivity (Wildman–Crippen MR) is 101 cm³/mol. The molecule has 0 amide bonds. The highest BCUT2D eigenvalue weighted by atomic mass is 16.5. The summed E-state index contributed by atoms with van der Waals surface area (Å²) in [5, 5.41) is 7.20. The van der Waals surface area contributed by atoms with Gasteiger partial charge in [0.15, 0.2) is 5.96 Å². The van der Waals surface area contributed by atoms with Crippen molar-refractivity contribution in [3.8, 4) is 0 Å². The molecular formula is C19H36N4O2. The van der Waals surface area contributed by atoms with Gasteiger partial charge in [-0.15, -0.1) is 0 Å². The first-order valence-corrected chi connectivity index (χ1v) is 10.2. The lowest BCUT2D eigenvalue weighted by atomic mass is 9.92. The van der Waals surface area contributed by atoms with Gasteiger partial charge in [-0.05, 0) is 25.2 Å². The molecule has 4 atom stereocenters. The van der Waals surface area contributed by atoms with Crippen molar-refractivity contribution in [1.29, 1.82) is 0 Å². The fourth-order valence-electron chi connectivity index (χ4n) is 4.70. The maximum absolute atomic E-state index is 5.96. The second kappa shape index (κ2) is 9.19. The van der Waals surface area contributed by atoms with Gasteiger partial charge in [-0.25, -0.2) is 0 Å². The molecule has 144 valence electrons. The van der Waals surface area contributed by atoms with Crippen LogP contribution in [0.3, 0.4) is 0 Å². The molecule has 0 radical (unpaired) electrons. The third-order valence-corrected chi connectivity index (χ3v) is 6.24. The minimum absolute atomic E-state index is 0.373. The minimum atomic E-state index is 0.373. The quantitative estimate of drug-likeness (QED) is 0.538. The van der Waals surface area contributed by atoms with Crippen molar-refractivity contribution < 1.29 is 9.47 Å². The predicted octanol–water partition coefficient (Wildman–Crippen LogP) is 1.61. The molecule has 0 aromatic rings. The van der Waals surface area contributed by atoms with Crippen molar-refractivity contribution in [1.82, 2.24) is 15.5 Å². The lowest BCUT2D eigenvalue weighted by Crippen LogP contribution is -2.55. The van der Waals surface area contributed by atoms with Gasteiger partial charge in [0.2, 0.25) is 0 Å². The molecule has 25 heavy (non-hydrogen) atoms. The van der Waals surface area contributed by atoms with E-state index in [0.29, 0.717) is 30.2 Å². The topological polar surface area (TPSA) is 58.1 Å². The number of fused-ring (bicyclic) bond motifs is 2. The van der Waals surface area contributed by atoms with Gasteiger partial charge >= 0.3 is 0 Å². The highest BCUT2D eigenvalue weighted by Crippen LogP contribution is 2.34. The Morgan fingerprint density at radius 2 is 1.96 bits per heavy atom. The summed E-state index contributed by atoms with van der Waals surface area (Å²) in [5.41, 5.74) is 0. The Hall–Kier alpha value is -0.850. The fourth-order valence-corrected chi connectivity index (χ4v) is 4.70. The van der Waals surface area contributed by atoms with Crippen LogP contribution in [0.1, 0.15) is 46.0 Å². The zero-order valence-corrected chi connectivity index (χ0v) is 16.2. The van der Waals surface area contributed by atoms with Crippen LogP contribution < -0.4 is 10.6 Å². The lowest BCUT2D eigenvalue weighted by Gasteiger charge is -2.39. The first-order valence-electron chi connectivity index (χ1n) is 10.2. The summed E-state index contributed by atoms with van der Waals surface area (Å²) in [6.07, 6.45) is 6.79. The Kier molecular flexibility index (Phi) is 6.96. The van der Waals surface area contributed by atoms with Crippen LogP contribution in [0.5, 0.6) is 0 Å². The molecule has 3 fully saturated rings. The van der Waals surface area contributed by atoms with Crippen LogP contribution in [-0.4, -0.2) is 75.0 Å². The van der Waals surface area contributed by atoms with E-state index in [9.17, 15) is 0 Å². The molecule has 3 saturated heterocycles. The number of morpholine rings is 1. The zero-order chi connectivity index (χ0) is 17.6. The van der Waals surface area contributed by atoms with Gasteiger partial charge in [0.1, 0.15) is 0 Å². The maximum atomic E-state index is 5.96. The molecular weight excluding hydrogens is 316 g/mol. The Morgan fingerprint density at radius 1 is 1.20 bits per heavy atom. The van der Waals surface area contributed by atoms with Gasteiger partial charge in [-0.3, -0.25) is 9.89 Å². The van der Waals surface area contributed by atoms with Crippen molar-refractivity contribution in [2.75, 3.05) is 39.9 Å². The molecule has 3 heterocycles. The monoisotopic (exact) mass is 352 g/mol. The smallest absolute Gasteiger partial charge is 0.191 e. The first-order chi connectivity index (χ1) is 12.2. The Balaban J connectivity index is 1.54. The van der Waals surface area contributed by atoms with Crippen LogP contribution in [0.4, 0.5) is 0 Å². The highest BCUT2D eigenvalue weighted by molar-refractivity contribution is 5.80. The number of aliphatic imine (C=N–C) groups is 1. The van der Waals surface area contributed by atoms with Crippen LogP contribution in [0.15, 0.2) is 4.99 Å². The largest absolute Gasteiger partial charge is 0.379 e. The van der Waals surface area contributed by atoms with Crippen LogP contribution >= 0.6 is 0 Å². The van der Waals surface area contributed by atoms with Crippen molar-refractivity contribution >= 4 is 5.96 Å². The van der Waals surface area contributed by atoms with E-state index in [4.69, 9.17) is 9.47 Å². The average Bonchev–Trinajstić information content (AvgIpc) is 3.27. The minimum Gasteiger partial charge on any atom is -0.379 e. The van der Waals surface area contributed by atoms with Crippen LogP contribution in [0.2, 0.25) is 0 Å². The van der Waals surface area contributed by atoms with Gasteiger partial charge in [0.25, 0.3) is 0 Å². The molecule has 6 heteroatoms. The summed E-state index contributed by atoms with van der Waals surface area (Å²) >= 11 is 0. The number of nitrogens with one attached hydrogen (secondary N) is 2. The summed E-state index contributed by atoms with van der Waals surface area (Å²) < 4.78 is 11.5. The fraction of sp³-hybridized carbons (Fsp3) is 0.947. The summed E-state index contributed by atoms with van der Waals surface area (Å²) in [6, 6.07) is 0.952. The van der Waals surface area contributed by atoms with E-state index in [0.717, 1.165) is 45.2 Å². The molecule has 3 aliphatic heterocycles. The third-order valence-electron chi connectivity index (χ3n) is 6.24. The molecule has 0 aromatic heterocycles.